The quantitative estimate of drug-likeness (QED) is 0.242. The maximum absolute atomic E-state index is 5.80. The van der Waals surface area contributed by atoms with Crippen molar-refractivity contribution < 1.29 is 37.7 Å². The van der Waals surface area contributed by atoms with Crippen LogP contribution < -0.4 is 37.7 Å². The molecule has 0 spiro atoms. The second-order valence-electron chi connectivity index (χ2n) is 3.26. The van der Waals surface area contributed by atoms with Gasteiger partial charge in [-0.15, -0.1) is 12.8 Å². The summed E-state index contributed by atoms with van der Waals surface area (Å²) in [5, 5.41) is 0. The first-order valence-electron chi connectivity index (χ1n) is 4.95. The van der Waals surface area contributed by atoms with Gasteiger partial charge in [0.15, 0.2) is 0 Å². The summed E-state index contributed by atoms with van der Waals surface area (Å²) in [5.41, 5.74) is 1.82. The molecule has 0 rings (SSSR count). The van der Waals surface area contributed by atoms with Crippen molar-refractivity contribution in [2.75, 3.05) is 0 Å². The summed E-state index contributed by atoms with van der Waals surface area (Å²) in [6, 6.07) is 0. The smallest absolute Gasteiger partial charge is 0.390 e. The summed E-state index contributed by atoms with van der Waals surface area (Å²) in [7, 11) is 0. The Morgan fingerprint density at radius 2 is 1.07 bits per heavy atom. The van der Waals surface area contributed by atoms with Crippen molar-refractivity contribution in [3.05, 3.63) is 24.3 Å². The Morgan fingerprint density at radius 3 is 1.29 bits per heavy atom. The zero-order valence-corrected chi connectivity index (χ0v) is 10.4. The first-order chi connectivity index (χ1) is 5.72. The number of allylic oxidation sites excluding steroid dienone is 2. The van der Waals surface area contributed by atoms with Gasteiger partial charge in [0.05, 0.1) is 0 Å². The van der Waals surface area contributed by atoms with Crippen molar-refractivity contribution in [3.63, 3.8) is 0 Å². The molecule has 0 heterocycles. The van der Waals surface area contributed by atoms with E-state index in [0.717, 1.165) is 36.8 Å². The first kappa shape index (κ1) is 20.1. The summed E-state index contributed by atoms with van der Waals surface area (Å²) in [4.78, 5) is 0. The molecule has 0 N–H and O–H groups in total. The van der Waals surface area contributed by atoms with E-state index in [1.54, 1.807) is 0 Å². The average molecular weight is 178 g/mol. The van der Waals surface area contributed by atoms with Gasteiger partial charge in [-0.05, 0) is 0 Å². The molecule has 70 valence electrons. The van der Waals surface area contributed by atoms with Crippen LogP contribution in [0.3, 0.4) is 0 Å². The maximum Gasteiger partial charge on any atom is 1.00 e. The van der Waals surface area contributed by atoms with Crippen molar-refractivity contribution >= 4 is 0 Å². The van der Waals surface area contributed by atoms with Gasteiger partial charge < -0.3 is 24.3 Å². The van der Waals surface area contributed by atoms with E-state index >= 15 is 0 Å². The third-order valence-electron chi connectivity index (χ3n) is 2.01. The van der Waals surface area contributed by atoms with E-state index in [0.29, 0.717) is 0 Å². The van der Waals surface area contributed by atoms with Gasteiger partial charge >= 0.3 is 37.7 Å². The molecule has 0 bridgehead atoms. The van der Waals surface area contributed by atoms with Crippen molar-refractivity contribution in [3.8, 4) is 0 Å². The molecule has 0 amide bonds. The molecule has 0 aromatic rings. The normalized spacial score (nSPS) is 8.43. The second kappa shape index (κ2) is 13.7. The molecular weight excluding hydrogens is 158 g/mol. The second-order valence-corrected chi connectivity index (χ2v) is 3.26. The van der Waals surface area contributed by atoms with Gasteiger partial charge in [-0.1, -0.05) is 39.5 Å². The van der Waals surface area contributed by atoms with E-state index in [1.165, 1.54) is 12.8 Å². The van der Waals surface area contributed by atoms with Crippen LogP contribution in [0.4, 0.5) is 0 Å². The zero-order chi connectivity index (χ0) is 9.40. The van der Waals surface area contributed by atoms with Gasteiger partial charge in [0.25, 0.3) is 0 Å². The predicted octanol–water partition coefficient (Wildman–Crippen LogP) is -1.91. The molecule has 0 unspecified atom stereocenters. The van der Waals surface area contributed by atoms with Crippen LogP contribution >= 0.6 is 0 Å². The first-order valence-corrected chi connectivity index (χ1v) is 4.95. The third-order valence-corrected chi connectivity index (χ3v) is 2.01. The van der Waals surface area contributed by atoms with Gasteiger partial charge in [-0.25, -0.2) is 0 Å². The fourth-order valence-electron chi connectivity index (χ4n) is 1.06. The van der Waals surface area contributed by atoms with Crippen molar-refractivity contribution in [1.82, 2.24) is 0 Å². The van der Waals surface area contributed by atoms with E-state index in [-0.39, 0.29) is 37.7 Å². The molecule has 0 atom stereocenters. The Bertz CT molecular complexity index is 132. The SMILES string of the molecule is [CH-]=C(CCCC)C(=[CH-])CCCC.[Li+].[Li+]. The third kappa shape index (κ3) is 10.8. The summed E-state index contributed by atoms with van der Waals surface area (Å²) in [5.74, 6) is 0. The van der Waals surface area contributed by atoms with Gasteiger partial charge in [0.1, 0.15) is 0 Å². The molecule has 0 fully saturated rings. The molecule has 2 heteroatoms. The van der Waals surface area contributed by atoms with Crippen LogP contribution in [0.2, 0.25) is 0 Å². The molecular formula is C12H20Li2. The number of unbranched alkanes of at least 4 members (excludes halogenated alkanes) is 2. The predicted molar refractivity (Wildman–Crippen MR) is 54.7 cm³/mol. The molecule has 0 saturated carbocycles. The Morgan fingerprint density at radius 1 is 0.786 bits per heavy atom. The summed E-state index contributed by atoms with van der Waals surface area (Å²) in [6.45, 7) is 15.9. The van der Waals surface area contributed by atoms with Gasteiger partial charge in [-0.3, -0.25) is 0 Å². The van der Waals surface area contributed by atoms with Gasteiger partial charge in [0, 0.05) is 0 Å². The van der Waals surface area contributed by atoms with E-state index in [4.69, 9.17) is 13.2 Å². The molecule has 0 nitrogen and oxygen atoms in total. The van der Waals surface area contributed by atoms with Crippen molar-refractivity contribution in [2.24, 2.45) is 0 Å². The fraction of sp³-hybridized carbons (Fsp3) is 0.667. The van der Waals surface area contributed by atoms with E-state index < -0.39 is 0 Å². The van der Waals surface area contributed by atoms with E-state index in [2.05, 4.69) is 13.8 Å². The van der Waals surface area contributed by atoms with Gasteiger partial charge in [0.2, 0.25) is 0 Å². The molecule has 14 heavy (non-hydrogen) atoms. The van der Waals surface area contributed by atoms with Gasteiger partial charge in [-0.2, -0.15) is 0 Å². The van der Waals surface area contributed by atoms with Crippen molar-refractivity contribution in [2.45, 2.75) is 52.4 Å². The van der Waals surface area contributed by atoms with Crippen LogP contribution in [-0.4, -0.2) is 0 Å². The van der Waals surface area contributed by atoms with Crippen LogP contribution in [-0.2, 0) is 0 Å². The van der Waals surface area contributed by atoms with Crippen LogP contribution in [0.5, 0.6) is 0 Å². The minimum atomic E-state index is 0. The van der Waals surface area contributed by atoms with E-state index in [9.17, 15) is 0 Å². The summed E-state index contributed by atoms with van der Waals surface area (Å²) < 4.78 is 0. The molecule has 0 aromatic carbocycles. The maximum atomic E-state index is 5.80. The molecule has 0 aromatic heterocycles. The minimum Gasteiger partial charge on any atom is -0.390 e. The minimum absolute atomic E-state index is 0. The average Bonchev–Trinajstić information content (AvgIpc) is 2.10. The van der Waals surface area contributed by atoms with E-state index in [1.807, 2.05) is 0 Å². The molecule has 0 radical (unpaired) electrons. The standard InChI is InChI=1S/C12H20.2Li/c1-5-7-9-11(3)12(4)10-8-6-2;;/h3-4H,5-10H2,1-2H3;;/q-2;2*+1. The molecule has 0 saturated heterocycles. The summed E-state index contributed by atoms with van der Waals surface area (Å²) in [6.07, 6.45) is 6.60. The number of hydrogen-bond acceptors (Lipinski definition) is 0. The monoisotopic (exact) mass is 178 g/mol. The zero-order valence-electron chi connectivity index (χ0n) is 10.4. The Hall–Kier alpha value is 0.675. The van der Waals surface area contributed by atoms with Crippen LogP contribution in [0.15, 0.2) is 11.1 Å². The number of hydrogen-bond donors (Lipinski definition) is 0. The van der Waals surface area contributed by atoms with Crippen molar-refractivity contribution in [1.29, 1.82) is 0 Å². The topological polar surface area (TPSA) is 0 Å². The largest absolute Gasteiger partial charge is 1.00 e. The molecule has 0 aliphatic heterocycles. The Kier molecular flexibility index (Phi) is 19.7. The Labute approximate surface area is 114 Å². The fourth-order valence-corrected chi connectivity index (χ4v) is 1.06. The summed E-state index contributed by atoms with van der Waals surface area (Å²) >= 11 is 0. The Balaban J connectivity index is -0.000000605. The molecule has 0 aliphatic carbocycles. The molecule has 0 aliphatic rings. The number of rotatable bonds is 7. The van der Waals surface area contributed by atoms with Crippen LogP contribution in [0.25, 0.3) is 0 Å². The van der Waals surface area contributed by atoms with Crippen LogP contribution in [0.1, 0.15) is 52.4 Å². The van der Waals surface area contributed by atoms with Crippen LogP contribution in [0, 0.1) is 13.2 Å².